The van der Waals surface area contributed by atoms with Crippen LogP contribution >= 0.6 is 0 Å². The third-order valence-corrected chi connectivity index (χ3v) is 2.33. The Morgan fingerprint density at radius 1 is 1.12 bits per heavy atom. The Morgan fingerprint density at radius 3 is 2.38 bits per heavy atom. The SMILES string of the molecule is CC(=O)c1ccccc1-c1ncc(C)cn1. The first-order valence-electron chi connectivity index (χ1n) is 5.07. The van der Waals surface area contributed by atoms with Crippen LogP contribution in [0.25, 0.3) is 11.4 Å². The Balaban J connectivity index is 2.55. The molecule has 0 fully saturated rings. The molecule has 1 aromatic heterocycles. The maximum atomic E-state index is 11.5. The van der Waals surface area contributed by atoms with Crippen molar-refractivity contribution in [2.45, 2.75) is 13.8 Å². The van der Waals surface area contributed by atoms with Crippen molar-refractivity contribution in [3.05, 3.63) is 47.8 Å². The second kappa shape index (κ2) is 4.23. The molecule has 0 aliphatic heterocycles. The molecule has 80 valence electrons. The van der Waals surface area contributed by atoms with Crippen molar-refractivity contribution < 1.29 is 4.79 Å². The van der Waals surface area contributed by atoms with Crippen molar-refractivity contribution in [1.29, 1.82) is 0 Å². The van der Waals surface area contributed by atoms with Gasteiger partial charge in [0.2, 0.25) is 0 Å². The highest BCUT2D eigenvalue weighted by atomic mass is 16.1. The van der Waals surface area contributed by atoms with E-state index in [0.717, 1.165) is 11.1 Å². The zero-order valence-electron chi connectivity index (χ0n) is 9.27. The van der Waals surface area contributed by atoms with Crippen LogP contribution in [-0.2, 0) is 0 Å². The van der Waals surface area contributed by atoms with E-state index in [1.807, 2.05) is 25.1 Å². The fourth-order valence-electron chi connectivity index (χ4n) is 1.52. The van der Waals surface area contributed by atoms with Gasteiger partial charge in [-0.2, -0.15) is 0 Å². The number of ketones is 1. The minimum absolute atomic E-state index is 0.0276. The minimum atomic E-state index is 0.0276. The van der Waals surface area contributed by atoms with Gasteiger partial charge in [-0.15, -0.1) is 0 Å². The van der Waals surface area contributed by atoms with Crippen molar-refractivity contribution in [2.75, 3.05) is 0 Å². The summed E-state index contributed by atoms with van der Waals surface area (Å²) in [5, 5.41) is 0. The first-order valence-corrected chi connectivity index (χ1v) is 5.07. The maximum absolute atomic E-state index is 11.5. The van der Waals surface area contributed by atoms with Crippen LogP contribution in [0.3, 0.4) is 0 Å². The number of aryl methyl sites for hydroxylation is 1. The predicted octanol–water partition coefficient (Wildman–Crippen LogP) is 2.65. The molecule has 0 atom stereocenters. The molecule has 0 saturated carbocycles. The van der Waals surface area contributed by atoms with E-state index < -0.39 is 0 Å². The Morgan fingerprint density at radius 2 is 1.75 bits per heavy atom. The summed E-state index contributed by atoms with van der Waals surface area (Å²) >= 11 is 0. The normalized spacial score (nSPS) is 10.1. The van der Waals surface area contributed by atoms with Crippen molar-refractivity contribution in [3.8, 4) is 11.4 Å². The number of carbonyl (C=O) groups is 1. The molecule has 0 spiro atoms. The third kappa shape index (κ3) is 1.98. The molecule has 3 nitrogen and oxygen atoms in total. The van der Waals surface area contributed by atoms with E-state index in [-0.39, 0.29) is 5.78 Å². The van der Waals surface area contributed by atoms with Crippen LogP contribution in [0.5, 0.6) is 0 Å². The van der Waals surface area contributed by atoms with Gasteiger partial charge in [0.15, 0.2) is 11.6 Å². The average molecular weight is 212 g/mol. The lowest BCUT2D eigenvalue weighted by Gasteiger charge is -2.04. The molecule has 0 aliphatic rings. The molecule has 0 N–H and O–H groups in total. The highest BCUT2D eigenvalue weighted by molar-refractivity contribution is 5.99. The fraction of sp³-hybridized carbons (Fsp3) is 0.154. The molecule has 1 heterocycles. The van der Waals surface area contributed by atoms with Crippen LogP contribution in [-0.4, -0.2) is 15.8 Å². The second-order valence-corrected chi connectivity index (χ2v) is 3.69. The molecule has 2 aromatic rings. The van der Waals surface area contributed by atoms with E-state index in [1.165, 1.54) is 0 Å². The zero-order valence-corrected chi connectivity index (χ0v) is 9.27. The lowest BCUT2D eigenvalue weighted by molar-refractivity contribution is 0.101. The molecule has 16 heavy (non-hydrogen) atoms. The molecule has 3 heteroatoms. The van der Waals surface area contributed by atoms with E-state index in [9.17, 15) is 4.79 Å². The van der Waals surface area contributed by atoms with E-state index in [0.29, 0.717) is 11.4 Å². The first kappa shape index (κ1) is 10.5. The average Bonchev–Trinajstić information content (AvgIpc) is 2.30. The van der Waals surface area contributed by atoms with Gasteiger partial charge < -0.3 is 0 Å². The van der Waals surface area contributed by atoms with Crippen molar-refractivity contribution in [3.63, 3.8) is 0 Å². The quantitative estimate of drug-likeness (QED) is 0.719. The minimum Gasteiger partial charge on any atom is -0.294 e. The summed E-state index contributed by atoms with van der Waals surface area (Å²) in [6.45, 7) is 3.48. The Kier molecular flexibility index (Phi) is 2.77. The van der Waals surface area contributed by atoms with Gasteiger partial charge in [0.25, 0.3) is 0 Å². The topological polar surface area (TPSA) is 42.9 Å². The number of rotatable bonds is 2. The van der Waals surface area contributed by atoms with E-state index in [1.54, 1.807) is 25.4 Å². The Hall–Kier alpha value is -2.03. The second-order valence-electron chi connectivity index (χ2n) is 3.69. The summed E-state index contributed by atoms with van der Waals surface area (Å²) in [4.78, 5) is 19.9. The molecule has 0 unspecified atom stereocenters. The molecule has 0 radical (unpaired) electrons. The van der Waals surface area contributed by atoms with E-state index >= 15 is 0 Å². The Labute approximate surface area is 94.2 Å². The van der Waals surface area contributed by atoms with Crippen LogP contribution in [0.2, 0.25) is 0 Å². The fourth-order valence-corrected chi connectivity index (χ4v) is 1.52. The summed E-state index contributed by atoms with van der Waals surface area (Å²) in [5.74, 6) is 0.621. The maximum Gasteiger partial charge on any atom is 0.160 e. The van der Waals surface area contributed by atoms with Gasteiger partial charge >= 0.3 is 0 Å². The number of Topliss-reactive ketones (excluding diaryl/α,β-unsaturated/α-hetero) is 1. The first-order chi connectivity index (χ1) is 7.68. The summed E-state index contributed by atoms with van der Waals surface area (Å²) < 4.78 is 0. The summed E-state index contributed by atoms with van der Waals surface area (Å²) in [5.41, 5.74) is 2.45. The van der Waals surface area contributed by atoms with E-state index in [4.69, 9.17) is 0 Å². The lowest BCUT2D eigenvalue weighted by atomic mass is 10.0. The monoisotopic (exact) mass is 212 g/mol. The summed E-state index contributed by atoms with van der Waals surface area (Å²) in [7, 11) is 0. The molecule has 1 aromatic carbocycles. The van der Waals surface area contributed by atoms with Crippen molar-refractivity contribution in [2.24, 2.45) is 0 Å². The van der Waals surface area contributed by atoms with Crippen molar-refractivity contribution >= 4 is 5.78 Å². The van der Waals surface area contributed by atoms with Crippen LogP contribution in [0.15, 0.2) is 36.7 Å². The predicted molar refractivity (Wildman–Crippen MR) is 62.2 cm³/mol. The van der Waals surface area contributed by atoms with Gasteiger partial charge in [-0.3, -0.25) is 4.79 Å². The molecule has 0 saturated heterocycles. The lowest BCUT2D eigenvalue weighted by Crippen LogP contribution is -1.98. The molecule has 0 aliphatic carbocycles. The molecule has 0 bridgehead atoms. The summed E-state index contributed by atoms with van der Waals surface area (Å²) in [6.07, 6.45) is 3.50. The van der Waals surface area contributed by atoms with E-state index in [2.05, 4.69) is 9.97 Å². The number of hydrogen-bond acceptors (Lipinski definition) is 3. The van der Waals surface area contributed by atoms with Crippen LogP contribution < -0.4 is 0 Å². The van der Waals surface area contributed by atoms with Crippen LogP contribution in [0, 0.1) is 6.92 Å². The number of nitrogens with zero attached hydrogens (tertiary/aromatic N) is 2. The number of carbonyl (C=O) groups excluding carboxylic acids is 1. The molecular formula is C13H12N2O. The highest BCUT2D eigenvalue weighted by Gasteiger charge is 2.09. The van der Waals surface area contributed by atoms with Gasteiger partial charge in [0.05, 0.1) is 0 Å². The number of benzene rings is 1. The highest BCUT2D eigenvalue weighted by Crippen LogP contribution is 2.19. The van der Waals surface area contributed by atoms with Crippen molar-refractivity contribution in [1.82, 2.24) is 9.97 Å². The smallest absolute Gasteiger partial charge is 0.160 e. The van der Waals surface area contributed by atoms with Crippen LogP contribution in [0.4, 0.5) is 0 Å². The van der Waals surface area contributed by atoms with Gasteiger partial charge in [-0.05, 0) is 19.4 Å². The molecule has 0 amide bonds. The van der Waals surface area contributed by atoms with Gasteiger partial charge in [-0.25, -0.2) is 9.97 Å². The summed E-state index contributed by atoms with van der Waals surface area (Å²) in [6, 6.07) is 7.38. The molecule has 2 rings (SSSR count). The largest absolute Gasteiger partial charge is 0.294 e. The third-order valence-electron chi connectivity index (χ3n) is 2.33. The number of hydrogen-bond donors (Lipinski definition) is 0. The molecular weight excluding hydrogens is 200 g/mol. The van der Waals surface area contributed by atoms with Gasteiger partial charge in [0.1, 0.15) is 0 Å². The van der Waals surface area contributed by atoms with Crippen LogP contribution in [0.1, 0.15) is 22.8 Å². The zero-order chi connectivity index (χ0) is 11.5. The van der Waals surface area contributed by atoms with Gasteiger partial charge in [-0.1, -0.05) is 24.3 Å². The van der Waals surface area contributed by atoms with Gasteiger partial charge in [0, 0.05) is 23.5 Å². The standard InChI is InChI=1S/C13H12N2O/c1-9-7-14-13(15-8-9)12-6-4-3-5-11(12)10(2)16/h3-8H,1-2H3. The number of aromatic nitrogens is 2. The Bertz CT molecular complexity index is 518.